The molecule has 2 atom stereocenters. The SMILES string of the molecule is COCCN1C(=O)CC[C@@H](C(=O)O)[C@@H]1c1cccc2c1OCCCO2. The Morgan fingerprint density at radius 3 is 2.92 bits per heavy atom. The zero-order valence-electron chi connectivity index (χ0n) is 14.3. The number of ether oxygens (including phenoxy) is 3. The van der Waals surface area contributed by atoms with Crippen molar-refractivity contribution in [3.05, 3.63) is 23.8 Å². The van der Waals surface area contributed by atoms with Crippen LogP contribution in [0.5, 0.6) is 11.5 Å². The lowest BCUT2D eigenvalue weighted by atomic mass is 9.83. The first-order valence-electron chi connectivity index (χ1n) is 8.53. The molecule has 0 radical (unpaired) electrons. The second-order valence-corrected chi connectivity index (χ2v) is 6.23. The van der Waals surface area contributed by atoms with Crippen LogP contribution in [0.2, 0.25) is 0 Å². The van der Waals surface area contributed by atoms with Crippen molar-refractivity contribution in [1.29, 1.82) is 0 Å². The van der Waals surface area contributed by atoms with Gasteiger partial charge < -0.3 is 24.2 Å². The first-order chi connectivity index (χ1) is 12.1. The van der Waals surface area contributed by atoms with Gasteiger partial charge in [0.25, 0.3) is 0 Å². The third-order valence-electron chi connectivity index (χ3n) is 4.68. The van der Waals surface area contributed by atoms with Gasteiger partial charge in [0, 0.05) is 32.1 Å². The number of fused-ring (bicyclic) bond motifs is 1. The van der Waals surface area contributed by atoms with Crippen LogP contribution in [0.1, 0.15) is 30.9 Å². The van der Waals surface area contributed by atoms with Gasteiger partial charge in [0.05, 0.1) is 31.8 Å². The number of hydrogen-bond donors (Lipinski definition) is 1. The van der Waals surface area contributed by atoms with E-state index in [4.69, 9.17) is 14.2 Å². The van der Waals surface area contributed by atoms with E-state index in [1.807, 2.05) is 18.2 Å². The van der Waals surface area contributed by atoms with E-state index >= 15 is 0 Å². The molecule has 1 N–H and O–H groups in total. The smallest absolute Gasteiger partial charge is 0.308 e. The molecule has 1 aromatic rings. The van der Waals surface area contributed by atoms with Gasteiger partial charge in [0.15, 0.2) is 11.5 Å². The zero-order chi connectivity index (χ0) is 17.8. The zero-order valence-corrected chi connectivity index (χ0v) is 14.3. The maximum absolute atomic E-state index is 12.5. The van der Waals surface area contributed by atoms with Gasteiger partial charge in [0.1, 0.15) is 0 Å². The molecule has 1 saturated heterocycles. The minimum Gasteiger partial charge on any atom is -0.490 e. The summed E-state index contributed by atoms with van der Waals surface area (Å²) in [5.41, 5.74) is 0.691. The Kier molecular flexibility index (Phi) is 5.43. The van der Waals surface area contributed by atoms with E-state index < -0.39 is 17.9 Å². The third kappa shape index (κ3) is 3.56. The largest absolute Gasteiger partial charge is 0.490 e. The molecule has 1 aromatic carbocycles. The Balaban J connectivity index is 2.05. The number of nitrogens with zero attached hydrogens (tertiary/aromatic N) is 1. The van der Waals surface area contributed by atoms with Crippen molar-refractivity contribution in [2.24, 2.45) is 5.92 Å². The molecule has 1 amide bonds. The van der Waals surface area contributed by atoms with Crippen LogP contribution in [0.15, 0.2) is 18.2 Å². The number of carbonyl (C=O) groups excluding carboxylic acids is 1. The molecule has 25 heavy (non-hydrogen) atoms. The number of likely N-dealkylation sites (tertiary alicyclic amines) is 1. The Hall–Kier alpha value is -2.28. The molecule has 2 aliphatic rings. The topological polar surface area (TPSA) is 85.3 Å². The molecule has 3 rings (SSSR count). The summed E-state index contributed by atoms with van der Waals surface area (Å²) in [7, 11) is 1.56. The number of rotatable bonds is 5. The predicted molar refractivity (Wildman–Crippen MR) is 88.7 cm³/mol. The monoisotopic (exact) mass is 349 g/mol. The van der Waals surface area contributed by atoms with Crippen molar-refractivity contribution in [2.75, 3.05) is 33.5 Å². The van der Waals surface area contributed by atoms with Crippen molar-refractivity contribution < 1.29 is 28.9 Å². The van der Waals surface area contributed by atoms with E-state index in [0.717, 1.165) is 6.42 Å². The molecule has 0 unspecified atom stereocenters. The first kappa shape index (κ1) is 17.5. The van der Waals surface area contributed by atoms with Gasteiger partial charge in [-0.3, -0.25) is 9.59 Å². The number of para-hydroxylation sites is 1. The molecule has 0 aliphatic carbocycles. The fraction of sp³-hybridized carbons (Fsp3) is 0.556. The molecule has 2 heterocycles. The summed E-state index contributed by atoms with van der Waals surface area (Å²) in [6.07, 6.45) is 1.30. The fourth-order valence-corrected chi connectivity index (χ4v) is 3.50. The molecule has 1 fully saturated rings. The molecular formula is C18H23NO6. The minimum atomic E-state index is -0.910. The molecule has 0 bridgehead atoms. The highest BCUT2D eigenvalue weighted by Gasteiger charge is 2.42. The van der Waals surface area contributed by atoms with E-state index in [2.05, 4.69) is 0 Å². The molecular weight excluding hydrogens is 326 g/mol. The highest BCUT2D eigenvalue weighted by molar-refractivity contribution is 5.82. The summed E-state index contributed by atoms with van der Waals surface area (Å²) >= 11 is 0. The van der Waals surface area contributed by atoms with Gasteiger partial charge in [-0.1, -0.05) is 12.1 Å². The van der Waals surface area contributed by atoms with Gasteiger partial charge in [-0.15, -0.1) is 0 Å². The molecule has 0 spiro atoms. The maximum atomic E-state index is 12.5. The maximum Gasteiger partial charge on any atom is 0.308 e. The first-order valence-corrected chi connectivity index (χ1v) is 8.53. The van der Waals surface area contributed by atoms with Crippen LogP contribution >= 0.6 is 0 Å². The Labute approximate surface area is 146 Å². The number of hydrogen-bond acceptors (Lipinski definition) is 5. The van der Waals surface area contributed by atoms with Crippen molar-refractivity contribution in [2.45, 2.75) is 25.3 Å². The summed E-state index contributed by atoms with van der Waals surface area (Å²) in [5, 5.41) is 9.72. The van der Waals surface area contributed by atoms with Crippen LogP contribution in [0.4, 0.5) is 0 Å². The predicted octanol–water partition coefficient (Wildman–Crippen LogP) is 1.86. The average molecular weight is 349 g/mol. The van der Waals surface area contributed by atoms with Gasteiger partial charge in [0.2, 0.25) is 5.91 Å². The molecule has 7 heteroatoms. The second kappa shape index (κ2) is 7.74. The van der Waals surface area contributed by atoms with Gasteiger partial charge in [-0.25, -0.2) is 0 Å². The van der Waals surface area contributed by atoms with Crippen molar-refractivity contribution >= 4 is 11.9 Å². The van der Waals surface area contributed by atoms with Gasteiger partial charge in [-0.2, -0.15) is 0 Å². The highest BCUT2D eigenvalue weighted by Crippen LogP contribution is 2.44. The minimum absolute atomic E-state index is 0.0632. The van der Waals surface area contributed by atoms with E-state index in [1.165, 1.54) is 0 Å². The standard InChI is InChI=1S/C18H23NO6/c1-23-11-8-19-15(20)7-6-13(18(21)22)16(19)12-4-2-5-14-17(12)25-10-3-9-24-14/h2,4-5,13,16H,3,6-11H2,1H3,(H,21,22)/t13-,16+/m1/s1. The number of piperidine rings is 1. The fourth-order valence-electron chi connectivity index (χ4n) is 3.50. The van der Waals surface area contributed by atoms with Crippen molar-refractivity contribution in [3.8, 4) is 11.5 Å². The Morgan fingerprint density at radius 2 is 2.16 bits per heavy atom. The van der Waals surface area contributed by atoms with Gasteiger partial charge >= 0.3 is 5.97 Å². The van der Waals surface area contributed by atoms with E-state index in [1.54, 1.807) is 12.0 Å². The molecule has 136 valence electrons. The van der Waals surface area contributed by atoms with E-state index in [9.17, 15) is 14.7 Å². The Morgan fingerprint density at radius 1 is 1.36 bits per heavy atom. The number of benzene rings is 1. The molecule has 0 saturated carbocycles. The summed E-state index contributed by atoms with van der Waals surface area (Å²) in [5.74, 6) is -0.510. The van der Waals surface area contributed by atoms with Gasteiger partial charge in [-0.05, 0) is 12.5 Å². The summed E-state index contributed by atoms with van der Waals surface area (Å²) in [6, 6.07) is 4.86. The quantitative estimate of drug-likeness (QED) is 0.873. The Bertz CT molecular complexity index is 646. The summed E-state index contributed by atoms with van der Waals surface area (Å²) in [6.45, 7) is 1.74. The van der Waals surface area contributed by atoms with Crippen LogP contribution in [0, 0.1) is 5.92 Å². The average Bonchev–Trinajstić information content (AvgIpc) is 2.85. The normalized spacial score (nSPS) is 23.2. The molecule has 2 aliphatic heterocycles. The number of carbonyl (C=O) groups is 2. The third-order valence-corrected chi connectivity index (χ3v) is 4.68. The van der Waals surface area contributed by atoms with E-state index in [0.29, 0.717) is 49.8 Å². The molecule has 7 nitrogen and oxygen atoms in total. The number of carboxylic acid groups (broad SMARTS) is 1. The number of methoxy groups -OCH3 is 1. The lowest BCUT2D eigenvalue weighted by Crippen LogP contribution is -2.46. The lowest BCUT2D eigenvalue weighted by Gasteiger charge is -2.40. The number of aliphatic carboxylic acids is 1. The van der Waals surface area contributed by atoms with Crippen LogP contribution in [0.25, 0.3) is 0 Å². The number of carboxylic acids is 1. The lowest BCUT2D eigenvalue weighted by molar-refractivity contribution is -0.152. The summed E-state index contributed by atoms with van der Waals surface area (Å²) in [4.78, 5) is 26.0. The second-order valence-electron chi connectivity index (χ2n) is 6.23. The number of amides is 1. The van der Waals surface area contributed by atoms with Crippen LogP contribution in [0.3, 0.4) is 0 Å². The molecule has 0 aromatic heterocycles. The van der Waals surface area contributed by atoms with Crippen LogP contribution in [-0.2, 0) is 14.3 Å². The van der Waals surface area contributed by atoms with Crippen molar-refractivity contribution in [1.82, 2.24) is 4.90 Å². The van der Waals surface area contributed by atoms with E-state index in [-0.39, 0.29) is 12.3 Å². The highest BCUT2D eigenvalue weighted by atomic mass is 16.5. The van der Waals surface area contributed by atoms with Crippen LogP contribution < -0.4 is 9.47 Å². The summed E-state index contributed by atoms with van der Waals surface area (Å²) < 4.78 is 16.7. The van der Waals surface area contributed by atoms with Crippen LogP contribution in [-0.4, -0.2) is 55.4 Å². The van der Waals surface area contributed by atoms with Crippen molar-refractivity contribution in [3.63, 3.8) is 0 Å².